The Morgan fingerprint density at radius 3 is 3.08 bits per heavy atom. The molecule has 0 aliphatic carbocycles. The third-order valence-corrected chi connectivity index (χ3v) is 6.59. The van der Waals surface area contributed by atoms with E-state index in [2.05, 4.69) is 31.2 Å². The van der Waals surface area contributed by atoms with Gasteiger partial charge in [-0.2, -0.15) is 4.98 Å². The van der Waals surface area contributed by atoms with E-state index < -0.39 is 0 Å². The molecule has 0 spiro atoms. The molecule has 0 radical (unpaired) electrons. The van der Waals surface area contributed by atoms with Crippen LogP contribution in [0.25, 0.3) is 10.2 Å². The second-order valence-corrected chi connectivity index (χ2v) is 8.01. The van der Waals surface area contributed by atoms with Gasteiger partial charge in [0.05, 0.1) is 26.9 Å². The third kappa shape index (κ3) is 3.41. The van der Waals surface area contributed by atoms with Gasteiger partial charge in [0.2, 0.25) is 5.28 Å². The Bertz CT molecular complexity index is 886. The first-order chi connectivity index (χ1) is 12.1. The summed E-state index contributed by atoms with van der Waals surface area (Å²) in [7, 11) is 0. The zero-order chi connectivity index (χ0) is 17.4. The summed E-state index contributed by atoms with van der Waals surface area (Å²) in [5.74, 6) is 1.49. The largest absolute Gasteiger partial charge is 0.467 e. The van der Waals surface area contributed by atoms with Crippen LogP contribution >= 0.6 is 38.9 Å². The van der Waals surface area contributed by atoms with E-state index in [4.69, 9.17) is 26.5 Å². The molecule has 1 saturated heterocycles. The maximum Gasteiger partial charge on any atom is 0.225 e. The summed E-state index contributed by atoms with van der Waals surface area (Å²) < 4.78 is 13.1. The third-order valence-electron chi connectivity index (χ3n) is 4.11. The average molecular weight is 444 g/mol. The zero-order valence-corrected chi connectivity index (χ0v) is 16.3. The van der Waals surface area contributed by atoms with Crippen molar-refractivity contribution in [3.8, 4) is 0 Å². The summed E-state index contributed by atoms with van der Waals surface area (Å²) >= 11 is 11.4. The molecule has 0 amide bonds. The first kappa shape index (κ1) is 17.2. The van der Waals surface area contributed by atoms with E-state index in [9.17, 15) is 0 Å². The first-order valence-corrected chi connectivity index (χ1v) is 9.91. The molecule has 3 aromatic heterocycles. The fourth-order valence-electron chi connectivity index (χ4n) is 2.90. The van der Waals surface area contributed by atoms with Gasteiger partial charge in [-0.25, -0.2) is 4.98 Å². The standard InChI is InChI=1S/C16H16BrClN4O2S/c17-10-11-14(25-13(10)12-9(19)4-2-6-24-12)15(22-16(18)21-11)20-7-8-3-1-5-23-8/h1,3,5,9,12H,2,4,6-7,19H2,(H,20,21,22)/t9-,12-/m0/s1. The van der Waals surface area contributed by atoms with Crippen LogP contribution in [-0.4, -0.2) is 22.6 Å². The van der Waals surface area contributed by atoms with Crippen molar-refractivity contribution < 1.29 is 9.15 Å². The van der Waals surface area contributed by atoms with Gasteiger partial charge in [-0.1, -0.05) is 0 Å². The highest BCUT2D eigenvalue weighted by molar-refractivity contribution is 9.10. The quantitative estimate of drug-likeness (QED) is 0.578. The minimum absolute atomic E-state index is 0.0268. The summed E-state index contributed by atoms with van der Waals surface area (Å²) in [6.45, 7) is 1.23. The second kappa shape index (κ2) is 7.20. The number of nitrogens with one attached hydrogen (secondary N) is 1. The molecule has 0 saturated carbocycles. The van der Waals surface area contributed by atoms with Gasteiger partial charge in [0, 0.05) is 12.6 Å². The Morgan fingerprint density at radius 1 is 1.44 bits per heavy atom. The van der Waals surface area contributed by atoms with Crippen LogP contribution in [0.4, 0.5) is 5.82 Å². The number of ether oxygens (including phenoxy) is 1. The summed E-state index contributed by atoms with van der Waals surface area (Å²) in [5.41, 5.74) is 7.03. The lowest BCUT2D eigenvalue weighted by Gasteiger charge is -2.28. The summed E-state index contributed by atoms with van der Waals surface area (Å²) in [5, 5.41) is 3.46. The van der Waals surface area contributed by atoms with Crippen LogP contribution < -0.4 is 11.1 Å². The molecule has 4 heterocycles. The predicted octanol–water partition coefficient (Wildman–Crippen LogP) is 4.49. The molecule has 132 valence electrons. The van der Waals surface area contributed by atoms with Crippen molar-refractivity contribution in [2.75, 3.05) is 11.9 Å². The van der Waals surface area contributed by atoms with Gasteiger partial charge >= 0.3 is 0 Å². The Morgan fingerprint density at radius 2 is 2.32 bits per heavy atom. The SMILES string of the molecule is N[C@H]1CCCO[C@@H]1c1sc2c(NCc3ccco3)nc(Cl)nc2c1Br. The number of halogens is 2. The Kier molecular flexibility index (Phi) is 4.97. The van der Waals surface area contributed by atoms with Crippen LogP contribution in [0.5, 0.6) is 0 Å². The maximum absolute atomic E-state index is 6.26. The molecule has 0 unspecified atom stereocenters. The molecule has 3 aromatic rings. The van der Waals surface area contributed by atoms with Gasteiger partial charge in [-0.05, 0) is 52.5 Å². The van der Waals surface area contributed by atoms with Gasteiger partial charge in [0.25, 0.3) is 0 Å². The highest BCUT2D eigenvalue weighted by atomic mass is 79.9. The lowest BCUT2D eigenvalue weighted by atomic mass is 10.0. The molecular formula is C16H16BrClN4O2S. The number of rotatable bonds is 4. The Hall–Kier alpha value is -1.19. The number of aromatic nitrogens is 2. The normalized spacial score (nSPS) is 20.9. The minimum atomic E-state index is -0.140. The lowest BCUT2D eigenvalue weighted by molar-refractivity contribution is 0.00202. The van der Waals surface area contributed by atoms with E-state index in [1.165, 1.54) is 0 Å². The van der Waals surface area contributed by atoms with Crippen molar-refractivity contribution in [2.24, 2.45) is 5.73 Å². The number of fused-ring (bicyclic) bond motifs is 1. The summed E-state index contributed by atoms with van der Waals surface area (Å²) in [4.78, 5) is 9.75. The van der Waals surface area contributed by atoms with Crippen molar-refractivity contribution in [3.63, 3.8) is 0 Å². The van der Waals surface area contributed by atoms with E-state index >= 15 is 0 Å². The number of nitrogens with zero attached hydrogens (tertiary/aromatic N) is 2. The number of anilines is 1. The molecule has 3 N–H and O–H groups in total. The van der Waals surface area contributed by atoms with Gasteiger partial charge in [0.15, 0.2) is 0 Å². The number of furan rings is 1. The van der Waals surface area contributed by atoms with Gasteiger partial charge in [-0.3, -0.25) is 0 Å². The zero-order valence-electron chi connectivity index (χ0n) is 13.2. The van der Waals surface area contributed by atoms with Crippen LogP contribution in [0.1, 0.15) is 29.6 Å². The monoisotopic (exact) mass is 442 g/mol. The molecule has 25 heavy (non-hydrogen) atoms. The van der Waals surface area contributed by atoms with Gasteiger partial charge in [0.1, 0.15) is 23.2 Å². The lowest BCUT2D eigenvalue weighted by Crippen LogP contribution is -2.34. The molecular weight excluding hydrogens is 428 g/mol. The van der Waals surface area contributed by atoms with Crippen LogP contribution in [0, 0.1) is 0 Å². The molecule has 9 heteroatoms. The molecule has 4 rings (SSSR count). The second-order valence-electron chi connectivity index (χ2n) is 5.83. The molecule has 1 aliphatic heterocycles. The predicted molar refractivity (Wildman–Crippen MR) is 102 cm³/mol. The number of nitrogens with two attached hydrogens (primary N) is 1. The fraction of sp³-hybridized carbons (Fsp3) is 0.375. The molecule has 0 bridgehead atoms. The van der Waals surface area contributed by atoms with Crippen LogP contribution in [0.2, 0.25) is 5.28 Å². The van der Waals surface area contributed by atoms with E-state index in [0.29, 0.717) is 12.4 Å². The van der Waals surface area contributed by atoms with Crippen LogP contribution in [0.15, 0.2) is 27.3 Å². The smallest absolute Gasteiger partial charge is 0.225 e. The highest BCUT2D eigenvalue weighted by Gasteiger charge is 2.30. The van der Waals surface area contributed by atoms with E-state index in [1.54, 1.807) is 17.6 Å². The molecule has 1 aliphatic rings. The number of hydrogen-bond acceptors (Lipinski definition) is 7. The molecule has 1 fully saturated rings. The van der Waals surface area contributed by atoms with Crippen molar-refractivity contribution in [2.45, 2.75) is 31.5 Å². The van der Waals surface area contributed by atoms with E-state index in [-0.39, 0.29) is 17.4 Å². The Balaban J connectivity index is 1.72. The number of thiophene rings is 1. The topological polar surface area (TPSA) is 86.2 Å². The van der Waals surface area contributed by atoms with Crippen molar-refractivity contribution >= 4 is 54.9 Å². The van der Waals surface area contributed by atoms with Crippen molar-refractivity contribution in [3.05, 3.63) is 38.8 Å². The number of hydrogen-bond donors (Lipinski definition) is 2. The summed E-state index contributed by atoms with van der Waals surface area (Å²) in [6.07, 6.45) is 3.43. The van der Waals surface area contributed by atoms with E-state index in [1.807, 2.05) is 12.1 Å². The van der Waals surface area contributed by atoms with Gasteiger partial charge in [-0.15, -0.1) is 11.3 Å². The molecule has 2 atom stereocenters. The van der Waals surface area contributed by atoms with Crippen molar-refractivity contribution in [1.29, 1.82) is 0 Å². The van der Waals surface area contributed by atoms with Crippen molar-refractivity contribution in [1.82, 2.24) is 9.97 Å². The van der Waals surface area contributed by atoms with E-state index in [0.717, 1.165) is 44.8 Å². The Labute approximate surface area is 161 Å². The highest BCUT2D eigenvalue weighted by Crippen LogP contribution is 2.44. The van der Waals surface area contributed by atoms with Crippen LogP contribution in [-0.2, 0) is 11.3 Å². The maximum atomic E-state index is 6.26. The van der Waals surface area contributed by atoms with Gasteiger partial charge < -0.3 is 20.2 Å². The first-order valence-electron chi connectivity index (χ1n) is 7.92. The minimum Gasteiger partial charge on any atom is -0.467 e. The summed E-state index contributed by atoms with van der Waals surface area (Å²) in [6, 6.07) is 3.72. The molecule has 0 aromatic carbocycles. The molecule has 6 nitrogen and oxygen atoms in total. The van der Waals surface area contributed by atoms with Crippen LogP contribution in [0.3, 0.4) is 0 Å². The average Bonchev–Trinajstić information content (AvgIpc) is 3.22. The fourth-order valence-corrected chi connectivity index (χ4v) is 5.18.